The number of aliphatic hydroxyl groups is 1. The lowest BCUT2D eigenvalue weighted by Gasteiger charge is -2.22. The van der Waals surface area contributed by atoms with Gasteiger partial charge in [0, 0.05) is 36.9 Å². The van der Waals surface area contributed by atoms with E-state index in [2.05, 4.69) is 5.10 Å². The van der Waals surface area contributed by atoms with Crippen LogP contribution in [0.2, 0.25) is 0 Å². The number of nitrogens with zero attached hydrogens (tertiary/aromatic N) is 2. The van der Waals surface area contributed by atoms with Crippen molar-refractivity contribution < 1.29 is 9.84 Å². The lowest BCUT2D eigenvalue weighted by Crippen LogP contribution is -2.25. The van der Waals surface area contributed by atoms with Crippen LogP contribution in [-0.4, -0.2) is 33.6 Å². The Hall–Kier alpha value is -1.59. The van der Waals surface area contributed by atoms with Crippen molar-refractivity contribution in [2.75, 3.05) is 6.61 Å². The largest absolute Gasteiger partial charge is 0.491 e. The van der Waals surface area contributed by atoms with Crippen molar-refractivity contribution >= 4 is 10.9 Å². The van der Waals surface area contributed by atoms with Gasteiger partial charge in [0.1, 0.15) is 12.4 Å². The highest BCUT2D eigenvalue weighted by Gasteiger charge is 2.23. The average molecular weight is 261 g/mol. The average Bonchev–Trinajstić information content (AvgIpc) is 2.65. The molecule has 2 aromatic rings. The number of hydrogen-bond acceptors (Lipinski definition) is 4. The number of hydrogen-bond donors (Lipinski definition) is 2. The second kappa shape index (κ2) is 4.51. The van der Waals surface area contributed by atoms with E-state index in [0.717, 1.165) is 34.3 Å². The molecule has 1 aliphatic rings. The molecule has 0 aliphatic carbocycles. The summed E-state index contributed by atoms with van der Waals surface area (Å²) in [6, 6.07) is 4.04. The van der Waals surface area contributed by atoms with Crippen molar-refractivity contribution in [3.8, 4) is 5.75 Å². The molecule has 3 rings (SSSR count). The Bertz CT molecular complexity index is 619. The van der Waals surface area contributed by atoms with E-state index in [4.69, 9.17) is 10.5 Å². The van der Waals surface area contributed by atoms with Crippen LogP contribution in [0.5, 0.6) is 5.75 Å². The highest BCUT2D eigenvalue weighted by Crippen LogP contribution is 2.34. The van der Waals surface area contributed by atoms with Crippen LogP contribution >= 0.6 is 0 Å². The molecule has 5 heteroatoms. The summed E-state index contributed by atoms with van der Waals surface area (Å²) in [5.74, 6) is 0.858. The fraction of sp³-hybridized carbons (Fsp3) is 0.500. The molecule has 2 atom stereocenters. The lowest BCUT2D eigenvalue weighted by atomic mass is 9.97. The van der Waals surface area contributed by atoms with Crippen molar-refractivity contribution in [3.63, 3.8) is 0 Å². The molecule has 2 unspecified atom stereocenters. The van der Waals surface area contributed by atoms with Gasteiger partial charge in [-0.15, -0.1) is 0 Å². The molecule has 0 fully saturated rings. The van der Waals surface area contributed by atoms with Gasteiger partial charge in [0.2, 0.25) is 0 Å². The first-order valence-corrected chi connectivity index (χ1v) is 6.60. The predicted molar refractivity (Wildman–Crippen MR) is 73.3 cm³/mol. The summed E-state index contributed by atoms with van der Waals surface area (Å²) >= 11 is 0. The third-order valence-corrected chi connectivity index (χ3v) is 3.54. The van der Waals surface area contributed by atoms with E-state index in [1.54, 1.807) is 0 Å². The van der Waals surface area contributed by atoms with Gasteiger partial charge in [-0.1, -0.05) is 0 Å². The minimum atomic E-state index is -0.443. The summed E-state index contributed by atoms with van der Waals surface area (Å²) < 4.78 is 7.46. The molecular weight excluding hydrogens is 242 g/mol. The maximum Gasteiger partial charge on any atom is 0.123 e. The molecule has 1 aromatic heterocycles. The van der Waals surface area contributed by atoms with Crippen LogP contribution in [0.25, 0.3) is 10.9 Å². The quantitative estimate of drug-likeness (QED) is 0.837. The van der Waals surface area contributed by atoms with Crippen LogP contribution in [0.3, 0.4) is 0 Å². The van der Waals surface area contributed by atoms with Gasteiger partial charge in [0.15, 0.2) is 0 Å². The summed E-state index contributed by atoms with van der Waals surface area (Å²) in [6.45, 7) is 2.34. The Morgan fingerprint density at radius 1 is 1.58 bits per heavy atom. The van der Waals surface area contributed by atoms with Crippen molar-refractivity contribution in [2.45, 2.75) is 31.9 Å². The van der Waals surface area contributed by atoms with Gasteiger partial charge >= 0.3 is 0 Å². The zero-order valence-corrected chi connectivity index (χ0v) is 11.3. The highest BCUT2D eigenvalue weighted by molar-refractivity contribution is 5.88. The summed E-state index contributed by atoms with van der Waals surface area (Å²) in [5.41, 5.74) is 9.00. The topological polar surface area (TPSA) is 73.3 Å². The Morgan fingerprint density at radius 2 is 2.37 bits per heavy atom. The Balaban J connectivity index is 2.22. The Labute approximate surface area is 112 Å². The standard InChI is InChI=1S/C14H19N3O2/c1-8(15)5-11-14-10-6-9(18)7-19-13(10)4-3-12(14)17(2)16-11/h3-4,8-9,18H,5-7,15H2,1-2H3. The first kappa shape index (κ1) is 12.4. The molecule has 0 saturated heterocycles. The van der Waals surface area contributed by atoms with E-state index < -0.39 is 6.10 Å². The third kappa shape index (κ3) is 2.09. The molecule has 3 N–H and O–H groups in total. The van der Waals surface area contributed by atoms with Gasteiger partial charge in [0.05, 0.1) is 17.3 Å². The number of ether oxygens (including phenoxy) is 1. The number of nitrogens with two attached hydrogens (primary N) is 1. The van der Waals surface area contributed by atoms with E-state index in [9.17, 15) is 5.11 Å². The molecule has 0 bridgehead atoms. The lowest BCUT2D eigenvalue weighted by molar-refractivity contribution is 0.0927. The monoisotopic (exact) mass is 261 g/mol. The molecule has 1 aliphatic heterocycles. The third-order valence-electron chi connectivity index (χ3n) is 3.54. The molecule has 19 heavy (non-hydrogen) atoms. The maximum absolute atomic E-state index is 9.82. The van der Waals surface area contributed by atoms with E-state index >= 15 is 0 Å². The minimum absolute atomic E-state index is 0.0587. The molecule has 0 radical (unpaired) electrons. The predicted octanol–water partition coefficient (Wildman–Crippen LogP) is 0.759. The number of aromatic nitrogens is 2. The SMILES string of the molecule is CC(N)Cc1nn(C)c2ccc3c(c12)CC(O)CO3. The summed E-state index contributed by atoms with van der Waals surface area (Å²) in [4.78, 5) is 0. The Morgan fingerprint density at radius 3 is 3.11 bits per heavy atom. The molecule has 0 spiro atoms. The number of aryl methyl sites for hydroxylation is 1. The smallest absolute Gasteiger partial charge is 0.123 e. The van der Waals surface area contributed by atoms with Crippen molar-refractivity contribution in [1.29, 1.82) is 0 Å². The van der Waals surface area contributed by atoms with Gasteiger partial charge < -0.3 is 15.6 Å². The van der Waals surface area contributed by atoms with E-state index in [1.165, 1.54) is 0 Å². The zero-order chi connectivity index (χ0) is 13.6. The molecular formula is C14H19N3O2. The van der Waals surface area contributed by atoms with Crippen molar-refractivity contribution in [2.24, 2.45) is 12.8 Å². The molecule has 5 nitrogen and oxygen atoms in total. The number of fused-ring (bicyclic) bond motifs is 3. The van der Waals surface area contributed by atoms with Gasteiger partial charge in [-0.05, 0) is 19.1 Å². The van der Waals surface area contributed by atoms with Crippen molar-refractivity contribution in [3.05, 3.63) is 23.4 Å². The maximum atomic E-state index is 9.82. The molecule has 0 saturated carbocycles. The number of rotatable bonds is 2. The fourth-order valence-electron chi connectivity index (χ4n) is 2.76. The summed E-state index contributed by atoms with van der Waals surface area (Å²) in [7, 11) is 1.93. The summed E-state index contributed by atoms with van der Waals surface area (Å²) in [5, 5.41) is 15.5. The first-order valence-electron chi connectivity index (χ1n) is 6.60. The van der Waals surface area contributed by atoms with Gasteiger partial charge in [-0.3, -0.25) is 4.68 Å². The van der Waals surface area contributed by atoms with Crippen LogP contribution in [0.4, 0.5) is 0 Å². The highest BCUT2D eigenvalue weighted by atomic mass is 16.5. The van der Waals surface area contributed by atoms with Crippen LogP contribution in [0, 0.1) is 0 Å². The number of aliphatic hydroxyl groups excluding tert-OH is 1. The van der Waals surface area contributed by atoms with E-state index in [-0.39, 0.29) is 6.04 Å². The fourth-order valence-corrected chi connectivity index (χ4v) is 2.76. The second-order valence-electron chi connectivity index (χ2n) is 5.36. The number of benzene rings is 1. The summed E-state index contributed by atoms with van der Waals surface area (Å²) in [6.07, 6.45) is 0.898. The molecule has 1 aromatic carbocycles. The molecule has 102 valence electrons. The van der Waals surface area contributed by atoms with Crippen LogP contribution in [0.15, 0.2) is 12.1 Å². The van der Waals surface area contributed by atoms with E-state index in [0.29, 0.717) is 13.0 Å². The normalized spacial score (nSPS) is 20.1. The second-order valence-corrected chi connectivity index (χ2v) is 5.36. The Kier molecular flexibility index (Phi) is 2.95. The van der Waals surface area contributed by atoms with Gasteiger partial charge in [-0.2, -0.15) is 5.10 Å². The minimum Gasteiger partial charge on any atom is -0.491 e. The molecule has 2 heterocycles. The van der Waals surface area contributed by atoms with E-state index in [1.807, 2.05) is 30.8 Å². The zero-order valence-electron chi connectivity index (χ0n) is 11.3. The van der Waals surface area contributed by atoms with Gasteiger partial charge in [-0.25, -0.2) is 0 Å². The first-order chi connectivity index (χ1) is 9.06. The van der Waals surface area contributed by atoms with Crippen LogP contribution in [0.1, 0.15) is 18.2 Å². The van der Waals surface area contributed by atoms with Crippen LogP contribution in [-0.2, 0) is 19.9 Å². The van der Waals surface area contributed by atoms with Gasteiger partial charge in [0.25, 0.3) is 0 Å². The van der Waals surface area contributed by atoms with Crippen molar-refractivity contribution in [1.82, 2.24) is 9.78 Å². The molecule has 0 amide bonds. The van der Waals surface area contributed by atoms with Crippen LogP contribution < -0.4 is 10.5 Å².